The second kappa shape index (κ2) is 7.18. The minimum absolute atomic E-state index is 0.893. The average Bonchev–Trinajstić information content (AvgIpc) is 2.35. The first-order valence-electron chi connectivity index (χ1n) is 5.37. The van der Waals surface area contributed by atoms with E-state index in [0.717, 1.165) is 17.9 Å². The largest absolute Gasteiger partial charge is 0.497 e. The van der Waals surface area contributed by atoms with Gasteiger partial charge in [0.25, 0.3) is 0 Å². The molecule has 0 heterocycles. The highest BCUT2D eigenvalue weighted by Crippen LogP contribution is 2.24. The third kappa shape index (κ3) is 3.78. The average molecular weight is 234 g/mol. The molecule has 16 heavy (non-hydrogen) atoms. The van der Waals surface area contributed by atoms with E-state index in [1.54, 1.807) is 7.11 Å². The van der Waals surface area contributed by atoms with E-state index in [9.17, 15) is 0 Å². The summed E-state index contributed by atoms with van der Waals surface area (Å²) in [7, 11) is 1.68. The van der Waals surface area contributed by atoms with Crippen LogP contribution in [-0.2, 0) is 0 Å². The third-order valence-corrected chi connectivity index (χ3v) is 3.00. The van der Waals surface area contributed by atoms with Crippen LogP contribution in [0.4, 0.5) is 0 Å². The van der Waals surface area contributed by atoms with E-state index in [4.69, 9.17) is 4.74 Å². The number of methoxy groups -OCH3 is 1. The van der Waals surface area contributed by atoms with E-state index in [1.165, 1.54) is 11.1 Å². The van der Waals surface area contributed by atoms with Gasteiger partial charge in [-0.15, -0.1) is 18.3 Å². The van der Waals surface area contributed by atoms with Crippen LogP contribution in [0.1, 0.15) is 18.9 Å². The molecule has 0 aliphatic rings. The first-order chi connectivity index (χ1) is 7.81. The number of rotatable bonds is 6. The van der Waals surface area contributed by atoms with E-state index < -0.39 is 0 Å². The number of ether oxygens (including phenoxy) is 1. The van der Waals surface area contributed by atoms with Gasteiger partial charge in [-0.25, -0.2) is 0 Å². The Labute approximate surface area is 102 Å². The Kier molecular flexibility index (Phi) is 5.79. The summed E-state index contributed by atoms with van der Waals surface area (Å²) >= 11 is 1.82. The lowest BCUT2D eigenvalue weighted by molar-refractivity contribution is 0.415. The summed E-state index contributed by atoms with van der Waals surface area (Å²) in [6.07, 6.45) is 2.84. The van der Waals surface area contributed by atoms with Crippen molar-refractivity contribution >= 4 is 17.3 Å². The van der Waals surface area contributed by atoms with Gasteiger partial charge in [-0.1, -0.05) is 25.1 Å². The van der Waals surface area contributed by atoms with Crippen LogP contribution in [0.5, 0.6) is 5.75 Å². The van der Waals surface area contributed by atoms with Crippen LogP contribution in [0.25, 0.3) is 5.57 Å². The van der Waals surface area contributed by atoms with Crippen LogP contribution in [-0.4, -0.2) is 12.9 Å². The molecule has 0 spiro atoms. The lowest BCUT2D eigenvalue weighted by Gasteiger charge is -2.06. The van der Waals surface area contributed by atoms with Gasteiger partial charge in [0.05, 0.1) is 7.11 Å². The number of benzene rings is 1. The van der Waals surface area contributed by atoms with Gasteiger partial charge in [-0.3, -0.25) is 0 Å². The molecule has 1 aromatic carbocycles. The quantitative estimate of drug-likeness (QED) is 0.676. The molecule has 0 aliphatic heterocycles. The molecular weight excluding hydrogens is 216 g/mol. The van der Waals surface area contributed by atoms with Crippen molar-refractivity contribution in [3.05, 3.63) is 47.9 Å². The second-order valence-corrected chi connectivity index (χ2v) is 4.47. The monoisotopic (exact) mass is 234 g/mol. The first kappa shape index (κ1) is 12.9. The van der Waals surface area contributed by atoms with Crippen LogP contribution in [0.3, 0.4) is 0 Å². The molecule has 0 aliphatic carbocycles. The van der Waals surface area contributed by atoms with Crippen molar-refractivity contribution in [3.63, 3.8) is 0 Å². The van der Waals surface area contributed by atoms with E-state index in [2.05, 4.69) is 31.0 Å². The van der Waals surface area contributed by atoms with Crippen molar-refractivity contribution in [1.29, 1.82) is 0 Å². The molecule has 0 N–H and O–H groups in total. The fourth-order valence-corrected chi connectivity index (χ4v) is 1.98. The van der Waals surface area contributed by atoms with Crippen molar-refractivity contribution in [2.45, 2.75) is 13.3 Å². The Hall–Kier alpha value is -1.15. The highest BCUT2D eigenvalue weighted by molar-refractivity contribution is 8.02. The van der Waals surface area contributed by atoms with Crippen molar-refractivity contribution in [2.24, 2.45) is 0 Å². The summed E-state index contributed by atoms with van der Waals surface area (Å²) in [5, 5.41) is 2.21. The van der Waals surface area contributed by atoms with Crippen LogP contribution in [0, 0.1) is 0 Å². The standard InChI is InChI=1S/C14H18OS/c1-4-6-13(11-16-5-2)12-7-9-14(15-3)10-8-12/h4,7-11H,1,5-6H2,2-3H3/b13-11-. The van der Waals surface area contributed by atoms with Gasteiger partial charge in [-0.05, 0) is 40.9 Å². The Morgan fingerprint density at radius 1 is 1.38 bits per heavy atom. The van der Waals surface area contributed by atoms with Crippen molar-refractivity contribution < 1.29 is 4.74 Å². The lowest BCUT2D eigenvalue weighted by atomic mass is 10.0. The normalized spacial score (nSPS) is 11.2. The molecule has 0 unspecified atom stereocenters. The number of hydrogen-bond donors (Lipinski definition) is 0. The zero-order chi connectivity index (χ0) is 11.8. The molecular formula is C14H18OS. The van der Waals surface area contributed by atoms with E-state index >= 15 is 0 Å². The van der Waals surface area contributed by atoms with Crippen LogP contribution < -0.4 is 4.74 Å². The molecule has 1 aromatic rings. The van der Waals surface area contributed by atoms with Gasteiger partial charge >= 0.3 is 0 Å². The molecule has 0 aromatic heterocycles. The Morgan fingerprint density at radius 3 is 2.56 bits per heavy atom. The predicted molar refractivity (Wildman–Crippen MR) is 73.9 cm³/mol. The van der Waals surface area contributed by atoms with Gasteiger partial charge in [0.2, 0.25) is 0 Å². The summed E-state index contributed by atoms with van der Waals surface area (Å²) < 4.78 is 5.15. The fraction of sp³-hybridized carbons (Fsp3) is 0.286. The maximum absolute atomic E-state index is 5.15. The zero-order valence-corrected chi connectivity index (χ0v) is 10.7. The molecule has 1 nitrogen and oxygen atoms in total. The van der Waals surface area contributed by atoms with Gasteiger partial charge < -0.3 is 4.74 Å². The smallest absolute Gasteiger partial charge is 0.118 e. The molecule has 1 rings (SSSR count). The second-order valence-electron chi connectivity index (χ2n) is 3.32. The SMILES string of the molecule is C=CC/C(=C/SCC)c1ccc(OC)cc1. The molecule has 0 saturated heterocycles. The molecule has 0 radical (unpaired) electrons. The highest BCUT2D eigenvalue weighted by atomic mass is 32.2. The topological polar surface area (TPSA) is 9.23 Å². The summed E-state index contributed by atoms with van der Waals surface area (Å²) in [4.78, 5) is 0. The van der Waals surface area contributed by atoms with Crippen molar-refractivity contribution in [2.75, 3.05) is 12.9 Å². The zero-order valence-electron chi connectivity index (χ0n) is 9.90. The lowest BCUT2D eigenvalue weighted by Crippen LogP contribution is -1.85. The summed E-state index contributed by atoms with van der Waals surface area (Å²) in [5.74, 6) is 1.99. The van der Waals surface area contributed by atoms with Gasteiger partial charge in [0, 0.05) is 0 Å². The first-order valence-corrected chi connectivity index (χ1v) is 6.42. The van der Waals surface area contributed by atoms with Crippen LogP contribution in [0.15, 0.2) is 42.3 Å². The maximum atomic E-state index is 5.15. The Balaban J connectivity index is 2.87. The molecule has 0 bridgehead atoms. The highest BCUT2D eigenvalue weighted by Gasteiger charge is 2.00. The maximum Gasteiger partial charge on any atom is 0.118 e. The minimum atomic E-state index is 0.893. The van der Waals surface area contributed by atoms with Crippen molar-refractivity contribution in [1.82, 2.24) is 0 Å². The molecule has 0 fully saturated rings. The van der Waals surface area contributed by atoms with E-state index in [0.29, 0.717) is 0 Å². The molecule has 0 atom stereocenters. The predicted octanol–water partition coefficient (Wildman–Crippen LogP) is 4.37. The van der Waals surface area contributed by atoms with E-state index in [1.807, 2.05) is 30.0 Å². The molecule has 86 valence electrons. The number of allylic oxidation sites excluding steroid dienone is 2. The van der Waals surface area contributed by atoms with Crippen LogP contribution >= 0.6 is 11.8 Å². The van der Waals surface area contributed by atoms with Gasteiger partial charge in [-0.2, -0.15) is 0 Å². The van der Waals surface area contributed by atoms with Gasteiger partial charge in [0.15, 0.2) is 0 Å². The number of hydrogen-bond acceptors (Lipinski definition) is 2. The molecule has 0 amide bonds. The summed E-state index contributed by atoms with van der Waals surface area (Å²) in [6, 6.07) is 8.15. The molecule has 0 saturated carbocycles. The Bertz CT molecular complexity index is 352. The molecule has 2 heteroatoms. The van der Waals surface area contributed by atoms with E-state index in [-0.39, 0.29) is 0 Å². The summed E-state index contributed by atoms with van der Waals surface area (Å²) in [5.41, 5.74) is 2.55. The van der Waals surface area contributed by atoms with Crippen LogP contribution in [0.2, 0.25) is 0 Å². The summed E-state index contributed by atoms with van der Waals surface area (Å²) in [6.45, 7) is 5.95. The third-order valence-electron chi connectivity index (χ3n) is 2.22. The van der Waals surface area contributed by atoms with Crippen molar-refractivity contribution in [3.8, 4) is 5.75 Å². The van der Waals surface area contributed by atoms with Gasteiger partial charge in [0.1, 0.15) is 5.75 Å². The minimum Gasteiger partial charge on any atom is -0.497 e. The Morgan fingerprint density at radius 2 is 2.06 bits per heavy atom. The fourth-order valence-electron chi connectivity index (χ4n) is 1.38. The number of thioether (sulfide) groups is 1.